The average Bonchev–Trinajstić information content (AvgIpc) is 3.18. The Balaban J connectivity index is 1.82. The third-order valence-electron chi connectivity index (χ3n) is 5.22. The van der Waals surface area contributed by atoms with Crippen LogP contribution in [0.2, 0.25) is 0 Å². The normalized spacial score (nSPS) is 18.5. The number of carbonyl (C=O) groups is 3. The second-order valence-corrected chi connectivity index (χ2v) is 10.5. The largest absolute Gasteiger partial charge is 0.349 e. The number of nitrogens with zero attached hydrogens (tertiary/aromatic N) is 1. The monoisotopic (exact) mass is 463 g/mol. The van der Waals surface area contributed by atoms with E-state index in [0.29, 0.717) is 13.0 Å². The molecule has 1 aromatic carbocycles. The van der Waals surface area contributed by atoms with E-state index < -0.39 is 39.5 Å². The SMILES string of the molecule is CC(C)C(NS(=O)(=O)c1ccccc1)C(=O)CC1Cc2cnsc2CCNC(=O)C1=O. The third kappa shape index (κ3) is 5.63. The van der Waals surface area contributed by atoms with Gasteiger partial charge >= 0.3 is 0 Å². The summed E-state index contributed by atoms with van der Waals surface area (Å²) in [7, 11) is -3.92. The molecule has 2 aromatic rings. The van der Waals surface area contributed by atoms with Gasteiger partial charge in [0.1, 0.15) is 0 Å². The fourth-order valence-corrected chi connectivity index (χ4v) is 5.66. The van der Waals surface area contributed by atoms with Crippen LogP contribution in [0.15, 0.2) is 41.4 Å². The van der Waals surface area contributed by atoms with E-state index in [1.165, 1.54) is 23.7 Å². The molecule has 1 amide bonds. The molecule has 2 N–H and O–H groups in total. The molecule has 0 spiro atoms. The summed E-state index contributed by atoms with van der Waals surface area (Å²) >= 11 is 1.31. The molecule has 31 heavy (non-hydrogen) atoms. The van der Waals surface area contributed by atoms with Crippen molar-refractivity contribution in [1.29, 1.82) is 0 Å². The summed E-state index contributed by atoms with van der Waals surface area (Å²) in [6.07, 6.45) is 2.23. The highest BCUT2D eigenvalue weighted by Gasteiger charge is 2.34. The highest BCUT2D eigenvalue weighted by molar-refractivity contribution is 7.89. The molecule has 0 saturated carbocycles. The van der Waals surface area contributed by atoms with Gasteiger partial charge in [0.05, 0.1) is 10.9 Å². The Morgan fingerprint density at radius 1 is 1.26 bits per heavy atom. The third-order valence-corrected chi connectivity index (χ3v) is 7.58. The Kier molecular flexibility index (Phi) is 7.34. The molecule has 2 unspecified atom stereocenters. The molecular weight excluding hydrogens is 438 g/mol. The molecule has 8 nitrogen and oxygen atoms in total. The number of sulfonamides is 1. The molecule has 2 atom stereocenters. The number of aromatic nitrogens is 1. The Morgan fingerprint density at radius 3 is 2.65 bits per heavy atom. The number of benzene rings is 1. The Hall–Kier alpha value is -2.43. The first-order chi connectivity index (χ1) is 14.7. The van der Waals surface area contributed by atoms with Gasteiger partial charge in [-0.2, -0.15) is 0 Å². The van der Waals surface area contributed by atoms with Crippen LogP contribution in [0.25, 0.3) is 0 Å². The van der Waals surface area contributed by atoms with Gasteiger partial charge in [-0.1, -0.05) is 32.0 Å². The van der Waals surface area contributed by atoms with Crippen LogP contribution in [0.5, 0.6) is 0 Å². The van der Waals surface area contributed by atoms with E-state index in [4.69, 9.17) is 0 Å². The topological polar surface area (TPSA) is 122 Å². The first-order valence-corrected chi connectivity index (χ1v) is 12.3. The van der Waals surface area contributed by atoms with Crippen LogP contribution < -0.4 is 10.0 Å². The van der Waals surface area contributed by atoms with E-state index in [1.54, 1.807) is 38.2 Å². The number of ketones is 2. The zero-order valence-electron chi connectivity index (χ0n) is 17.3. The molecule has 0 radical (unpaired) electrons. The van der Waals surface area contributed by atoms with Crippen molar-refractivity contribution in [3.8, 4) is 0 Å². The number of hydrogen-bond acceptors (Lipinski definition) is 7. The number of amides is 1. The molecule has 2 heterocycles. The number of rotatable bonds is 7. The average molecular weight is 464 g/mol. The molecule has 166 valence electrons. The van der Waals surface area contributed by atoms with Gasteiger partial charge in [-0.3, -0.25) is 14.4 Å². The Bertz CT molecular complexity index is 1060. The van der Waals surface area contributed by atoms with Gasteiger partial charge in [-0.15, -0.1) is 0 Å². The molecule has 0 aliphatic carbocycles. The number of nitrogens with one attached hydrogen (secondary N) is 2. The van der Waals surface area contributed by atoms with Gasteiger partial charge in [0.2, 0.25) is 15.8 Å². The van der Waals surface area contributed by atoms with Gasteiger partial charge in [-0.25, -0.2) is 17.5 Å². The molecule has 3 rings (SSSR count). The molecule has 1 aliphatic rings. The minimum Gasteiger partial charge on any atom is -0.349 e. The van der Waals surface area contributed by atoms with Crippen molar-refractivity contribution in [2.75, 3.05) is 6.54 Å². The molecule has 1 aliphatic heterocycles. The van der Waals surface area contributed by atoms with E-state index in [2.05, 4.69) is 14.4 Å². The highest BCUT2D eigenvalue weighted by atomic mass is 32.2. The zero-order chi connectivity index (χ0) is 22.6. The lowest BCUT2D eigenvalue weighted by molar-refractivity contribution is -0.141. The van der Waals surface area contributed by atoms with Crippen molar-refractivity contribution in [2.45, 2.75) is 44.0 Å². The predicted octanol–water partition coefficient (Wildman–Crippen LogP) is 1.51. The zero-order valence-corrected chi connectivity index (χ0v) is 19.0. The lowest BCUT2D eigenvalue weighted by Crippen LogP contribution is -2.46. The van der Waals surface area contributed by atoms with Crippen molar-refractivity contribution >= 4 is 39.0 Å². The van der Waals surface area contributed by atoms with Gasteiger partial charge in [-0.05, 0) is 41.6 Å². The van der Waals surface area contributed by atoms with Crippen LogP contribution >= 0.6 is 11.5 Å². The number of carbonyl (C=O) groups excluding carboxylic acids is 3. The van der Waals surface area contributed by atoms with Gasteiger partial charge < -0.3 is 5.32 Å². The standard InChI is InChI=1S/C21H25N3O5S2/c1-13(2)19(24-31(28,29)16-6-4-3-5-7-16)17(25)11-14-10-15-12-23-30-18(15)8-9-22-21(27)20(14)26/h3-7,12-14,19,24H,8-11H2,1-2H3,(H,22,27). The van der Waals surface area contributed by atoms with Crippen molar-refractivity contribution in [1.82, 2.24) is 14.4 Å². The minimum atomic E-state index is -3.92. The Labute approximate surface area is 185 Å². The maximum atomic E-state index is 13.1. The number of Topliss-reactive ketones (excluding diaryl/α,β-unsaturated/α-hetero) is 2. The van der Waals surface area contributed by atoms with Gasteiger partial charge in [0.15, 0.2) is 5.78 Å². The van der Waals surface area contributed by atoms with Crippen LogP contribution in [-0.4, -0.2) is 42.9 Å². The summed E-state index contributed by atoms with van der Waals surface area (Å²) in [4.78, 5) is 39.1. The number of fused-ring (bicyclic) bond motifs is 1. The van der Waals surface area contributed by atoms with Gasteiger partial charge in [0.25, 0.3) is 5.91 Å². The number of hydrogen-bond donors (Lipinski definition) is 2. The van der Waals surface area contributed by atoms with Crippen molar-refractivity contribution in [2.24, 2.45) is 11.8 Å². The van der Waals surface area contributed by atoms with Crippen molar-refractivity contribution in [3.63, 3.8) is 0 Å². The van der Waals surface area contributed by atoms with Crippen LogP contribution in [0.3, 0.4) is 0 Å². The summed E-state index contributed by atoms with van der Waals surface area (Å²) in [5.74, 6) is -3.02. The lowest BCUT2D eigenvalue weighted by atomic mass is 9.87. The van der Waals surface area contributed by atoms with E-state index in [9.17, 15) is 22.8 Å². The van der Waals surface area contributed by atoms with Crippen LogP contribution in [0.1, 0.15) is 30.7 Å². The van der Waals surface area contributed by atoms with E-state index >= 15 is 0 Å². The second-order valence-electron chi connectivity index (χ2n) is 7.87. The smallest absolute Gasteiger partial charge is 0.287 e. The molecule has 0 fully saturated rings. The lowest BCUT2D eigenvalue weighted by Gasteiger charge is -2.23. The molecule has 0 saturated heterocycles. The van der Waals surface area contributed by atoms with Crippen molar-refractivity contribution < 1.29 is 22.8 Å². The van der Waals surface area contributed by atoms with E-state index in [0.717, 1.165) is 10.4 Å². The highest BCUT2D eigenvalue weighted by Crippen LogP contribution is 2.24. The summed E-state index contributed by atoms with van der Waals surface area (Å²) in [5.41, 5.74) is 0.846. The molecule has 10 heteroatoms. The van der Waals surface area contributed by atoms with Crippen molar-refractivity contribution in [3.05, 3.63) is 47.0 Å². The summed E-state index contributed by atoms with van der Waals surface area (Å²) < 4.78 is 32.1. The second kappa shape index (κ2) is 9.80. The summed E-state index contributed by atoms with van der Waals surface area (Å²) in [6, 6.07) is 6.77. The summed E-state index contributed by atoms with van der Waals surface area (Å²) in [6.45, 7) is 3.79. The maximum Gasteiger partial charge on any atom is 0.287 e. The van der Waals surface area contributed by atoms with Crippen LogP contribution in [0, 0.1) is 11.8 Å². The molecule has 1 aromatic heterocycles. The fraction of sp³-hybridized carbons (Fsp3) is 0.429. The van der Waals surface area contributed by atoms with Crippen LogP contribution in [-0.2, 0) is 37.2 Å². The Morgan fingerprint density at radius 2 is 1.97 bits per heavy atom. The van der Waals surface area contributed by atoms with Gasteiger partial charge in [0, 0.05) is 36.4 Å². The summed E-state index contributed by atoms with van der Waals surface area (Å²) in [5, 5.41) is 2.59. The first kappa shape index (κ1) is 23.2. The minimum absolute atomic E-state index is 0.0559. The van der Waals surface area contributed by atoms with Crippen LogP contribution in [0.4, 0.5) is 0 Å². The molecular formula is C21H25N3O5S2. The fourth-order valence-electron chi connectivity index (χ4n) is 3.52. The maximum absolute atomic E-state index is 13.1. The molecule has 0 bridgehead atoms. The first-order valence-electron chi connectivity index (χ1n) is 10.0. The predicted molar refractivity (Wildman–Crippen MR) is 116 cm³/mol. The van der Waals surface area contributed by atoms with E-state index in [1.807, 2.05) is 0 Å². The quantitative estimate of drug-likeness (QED) is 0.600. The van der Waals surface area contributed by atoms with E-state index in [-0.39, 0.29) is 23.7 Å².